The molecule has 1 saturated heterocycles. The molecule has 7 heteroatoms. The van der Waals surface area contributed by atoms with E-state index in [1.807, 2.05) is 19.1 Å². The first-order chi connectivity index (χ1) is 13.3. The molecule has 4 nitrogen and oxygen atoms in total. The number of aromatic amines is 1. The lowest BCUT2D eigenvalue weighted by Crippen LogP contribution is -2.38. The third-order valence-electron chi connectivity index (χ3n) is 5.33. The van der Waals surface area contributed by atoms with Gasteiger partial charge in [-0.2, -0.15) is 13.2 Å². The number of H-pyrrole nitrogens is 1. The van der Waals surface area contributed by atoms with Gasteiger partial charge in [0, 0.05) is 18.8 Å². The fourth-order valence-electron chi connectivity index (χ4n) is 3.90. The minimum Gasteiger partial charge on any atom is -0.349 e. The van der Waals surface area contributed by atoms with E-state index in [0.717, 1.165) is 22.8 Å². The summed E-state index contributed by atoms with van der Waals surface area (Å²) in [4.78, 5) is 22.0. The summed E-state index contributed by atoms with van der Waals surface area (Å²) in [5.74, 6) is -0.341. The Morgan fingerprint density at radius 1 is 1.14 bits per heavy atom. The van der Waals surface area contributed by atoms with Gasteiger partial charge in [-0.1, -0.05) is 18.2 Å². The van der Waals surface area contributed by atoms with E-state index in [0.29, 0.717) is 37.2 Å². The highest BCUT2D eigenvalue weighted by Gasteiger charge is 2.36. The fourth-order valence-corrected chi connectivity index (χ4v) is 3.90. The quantitative estimate of drug-likeness (QED) is 0.679. The van der Waals surface area contributed by atoms with Crippen LogP contribution in [0.4, 0.5) is 13.2 Å². The number of alkyl halides is 3. The molecular weight excluding hydrogens is 367 g/mol. The zero-order valence-electron chi connectivity index (χ0n) is 15.4. The number of piperidine rings is 1. The smallest absolute Gasteiger partial charge is 0.349 e. The maximum absolute atomic E-state index is 13.3. The van der Waals surface area contributed by atoms with Gasteiger partial charge in [0.1, 0.15) is 5.69 Å². The summed E-state index contributed by atoms with van der Waals surface area (Å²) in [5, 5.41) is 0. The highest BCUT2D eigenvalue weighted by molar-refractivity contribution is 5.97. The topological polar surface area (TPSA) is 49.0 Å². The lowest BCUT2D eigenvalue weighted by atomic mass is 9.86. The largest absolute Gasteiger partial charge is 0.416 e. The van der Waals surface area contributed by atoms with Crippen LogP contribution < -0.4 is 0 Å². The molecule has 4 rings (SSSR count). The summed E-state index contributed by atoms with van der Waals surface area (Å²) in [6.07, 6.45) is -3.34. The number of nitrogens with zero attached hydrogens (tertiary/aromatic N) is 2. The molecule has 1 amide bonds. The summed E-state index contributed by atoms with van der Waals surface area (Å²) in [6.45, 7) is 2.74. The summed E-state index contributed by atoms with van der Waals surface area (Å²) >= 11 is 0. The molecule has 1 aromatic carbocycles. The van der Waals surface area contributed by atoms with Crippen molar-refractivity contribution in [1.29, 1.82) is 0 Å². The maximum atomic E-state index is 13.3. The van der Waals surface area contributed by atoms with E-state index in [-0.39, 0.29) is 11.8 Å². The summed E-state index contributed by atoms with van der Waals surface area (Å²) < 4.78 is 39.9. The minimum atomic E-state index is -4.36. The normalized spacial score (nSPS) is 15.9. The van der Waals surface area contributed by atoms with Gasteiger partial charge < -0.3 is 9.88 Å². The van der Waals surface area contributed by atoms with Crippen LogP contribution in [0.3, 0.4) is 0 Å². The molecule has 0 unspecified atom stereocenters. The Hall–Kier alpha value is -2.83. The number of likely N-dealkylation sites (tertiary alicyclic amines) is 1. The van der Waals surface area contributed by atoms with E-state index in [4.69, 9.17) is 0 Å². The van der Waals surface area contributed by atoms with Crippen molar-refractivity contribution in [3.8, 4) is 0 Å². The van der Waals surface area contributed by atoms with Gasteiger partial charge in [-0.3, -0.25) is 9.78 Å². The van der Waals surface area contributed by atoms with E-state index in [9.17, 15) is 18.0 Å². The third kappa shape index (κ3) is 3.48. The molecule has 0 radical (unpaired) electrons. The minimum absolute atomic E-state index is 0.141. The van der Waals surface area contributed by atoms with Gasteiger partial charge in [0.05, 0.1) is 16.6 Å². The zero-order chi connectivity index (χ0) is 19.9. The number of carbonyl (C=O) groups excluding carboxylic acids is 1. The summed E-state index contributed by atoms with van der Waals surface area (Å²) in [5.41, 5.74) is 2.61. The number of aromatic nitrogens is 2. The Labute approximate surface area is 160 Å². The summed E-state index contributed by atoms with van der Waals surface area (Å²) in [7, 11) is 0. The third-order valence-corrected chi connectivity index (χ3v) is 5.33. The van der Waals surface area contributed by atoms with Crippen molar-refractivity contribution in [2.24, 2.45) is 0 Å². The predicted octanol–water partition coefficient (Wildman–Crippen LogP) is 4.91. The van der Waals surface area contributed by atoms with Crippen molar-refractivity contribution < 1.29 is 18.0 Å². The Morgan fingerprint density at radius 2 is 1.86 bits per heavy atom. The molecule has 0 aliphatic carbocycles. The van der Waals surface area contributed by atoms with Crippen LogP contribution in [0, 0.1) is 6.92 Å². The molecule has 1 fully saturated rings. The molecule has 1 aliphatic rings. The van der Waals surface area contributed by atoms with Crippen LogP contribution in [0.25, 0.3) is 11.0 Å². The number of pyridine rings is 1. The van der Waals surface area contributed by atoms with Crippen molar-refractivity contribution in [2.75, 3.05) is 13.1 Å². The number of benzene rings is 1. The van der Waals surface area contributed by atoms with Crippen molar-refractivity contribution in [3.05, 3.63) is 65.0 Å². The molecule has 3 heterocycles. The van der Waals surface area contributed by atoms with Crippen LogP contribution in [0.15, 0.2) is 42.5 Å². The van der Waals surface area contributed by atoms with Gasteiger partial charge in [0.15, 0.2) is 0 Å². The lowest BCUT2D eigenvalue weighted by molar-refractivity contribution is -0.138. The van der Waals surface area contributed by atoms with Crippen molar-refractivity contribution in [3.63, 3.8) is 0 Å². The second-order valence-corrected chi connectivity index (χ2v) is 7.22. The maximum Gasteiger partial charge on any atom is 0.416 e. The van der Waals surface area contributed by atoms with Crippen molar-refractivity contribution in [2.45, 2.75) is 31.9 Å². The lowest BCUT2D eigenvalue weighted by Gasteiger charge is -2.33. The van der Waals surface area contributed by atoms with Gasteiger partial charge in [0.2, 0.25) is 0 Å². The van der Waals surface area contributed by atoms with Crippen LogP contribution in [0.5, 0.6) is 0 Å². The van der Waals surface area contributed by atoms with Gasteiger partial charge in [-0.05, 0) is 55.5 Å². The first-order valence-electron chi connectivity index (χ1n) is 9.24. The zero-order valence-corrected chi connectivity index (χ0v) is 15.4. The van der Waals surface area contributed by atoms with Crippen molar-refractivity contribution >= 4 is 16.9 Å². The van der Waals surface area contributed by atoms with E-state index in [2.05, 4.69) is 9.97 Å². The van der Waals surface area contributed by atoms with Gasteiger partial charge in [-0.25, -0.2) is 0 Å². The average Bonchev–Trinajstić information content (AvgIpc) is 3.10. The SMILES string of the molecule is Cc1ccc2[nH]c(C(=O)N3CCC(c4ccccc4C(F)(F)F)CC3)cc2n1. The van der Waals surface area contributed by atoms with Crippen LogP contribution in [-0.4, -0.2) is 33.9 Å². The standard InChI is InChI=1S/C21H20F3N3O/c1-13-6-7-17-18(25-13)12-19(26-17)20(28)27-10-8-14(9-11-27)15-4-2-3-5-16(15)21(22,23)24/h2-7,12,14,26H,8-11H2,1H3. The number of halogens is 3. The molecule has 146 valence electrons. The Kier molecular flexibility index (Phi) is 4.61. The number of fused-ring (bicyclic) bond motifs is 1. The number of aryl methyl sites for hydroxylation is 1. The molecule has 3 aromatic rings. The molecule has 1 N–H and O–H groups in total. The molecule has 0 bridgehead atoms. The van der Waals surface area contributed by atoms with E-state index < -0.39 is 11.7 Å². The fraction of sp³-hybridized carbons (Fsp3) is 0.333. The average molecular weight is 387 g/mol. The Bertz CT molecular complexity index is 1020. The number of hydrogen-bond acceptors (Lipinski definition) is 2. The molecule has 2 aromatic heterocycles. The van der Waals surface area contributed by atoms with Gasteiger partial charge >= 0.3 is 6.18 Å². The number of rotatable bonds is 2. The predicted molar refractivity (Wildman–Crippen MR) is 100 cm³/mol. The molecular formula is C21H20F3N3O. The Morgan fingerprint density at radius 3 is 2.57 bits per heavy atom. The second kappa shape index (κ2) is 6.96. The van der Waals surface area contributed by atoms with Crippen LogP contribution >= 0.6 is 0 Å². The van der Waals surface area contributed by atoms with E-state index >= 15 is 0 Å². The first-order valence-corrected chi connectivity index (χ1v) is 9.24. The highest BCUT2D eigenvalue weighted by Crippen LogP contribution is 2.38. The first kappa shape index (κ1) is 18.5. The molecule has 0 atom stereocenters. The summed E-state index contributed by atoms with van der Waals surface area (Å²) in [6, 6.07) is 11.2. The van der Waals surface area contributed by atoms with Gasteiger partial charge in [-0.15, -0.1) is 0 Å². The monoisotopic (exact) mass is 387 g/mol. The number of nitrogens with one attached hydrogen (secondary N) is 1. The van der Waals surface area contributed by atoms with Crippen LogP contribution in [0.1, 0.15) is 46.1 Å². The highest BCUT2D eigenvalue weighted by atomic mass is 19.4. The number of hydrogen-bond donors (Lipinski definition) is 1. The molecule has 0 spiro atoms. The van der Waals surface area contributed by atoms with E-state index in [1.54, 1.807) is 23.1 Å². The molecule has 1 aliphatic heterocycles. The Balaban J connectivity index is 1.49. The van der Waals surface area contributed by atoms with Crippen molar-refractivity contribution in [1.82, 2.24) is 14.9 Å². The van der Waals surface area contributed by atoms with Crippen LogP contribution in [-0.2, 0) is 6.18 Å². The second-order valence-electron chi connectivity index (χ2n) is 7.22. The van der Waals surface area contributed by atoms with Crippen LogP contribution in [0.2, 0.25) is 0 Å². The molecule has 28 heavy (non-hydrogen) atoms. The van der Waals surface area contributed by atoms with E-state index in [1.165, 1.54) is 6.07 Å². The van der Waals surface area contributed by atoms with Gasteiger partial charge in [0.25, 0.3) is 5.91 Å². The number of carbonyl (C=O) groups is 1. The molecule has 0 saturated carbocycles. The number of amides is 1.